The maximum Gasteiger partial charge on any atom is 0.267 e. The molecule has 1 aliphatic heterocycles. The normalized spacial score (nSPS) is 14.7. The van der Waals surface area contributed by atoms with Gasteiger partial charge in [0, 0.05) is 30.4 Å². The predicted molar refractivity (Wildman–Crippen MR) is 119 cm³/mol. The highest BCUT2D eigenvalue weighted by Crippen LogP contribution is 2.24. The van der Waals surface area contributed by atoms with Gasteiger partial charge in [0.15, 0.2) is 0 Å². The summed E-state index contributed by atoms with van der Waals surface area (Å²) >= 11 is 0. The fraction of sp³-hybridized carbons (Fsp3) is 0.227. The fourth-order valence-electron chi connectivity index (χ4n) is 3.37. The molecule has 0 spiro atoms. The van der Waals surface area contributed by atoms with Gasteiger partial charge < -0.3 is 10.1 Å². The molecule has 33 heavy (non-hydrogen) atoms. The number of nitrogens with zero attached hydrogens (tertiary/aromatic N) is 3. The van der Waals surface area contributed by atoms with Crippen molar-refractivity contribution >= 4 is 21.6 Å². The molecule has 9 nitrogen and oxygen atoms in total. The van der Waals surface area contributed by atoms with E-state index >= 15 is 0 Å². The van der Waals surface area contributed by atoms with Crippen molar-refractivity contribution in [3.8, 4) is 11.3 Å². The van der Waals surface area contributed by atoms with E-state index in [0.717, 1.165) is 26.7 Å². The molecule has 172 valence electrons. The van der Waals surface area contributed by atoms with E-state index in [9.17, 15) is 22.4 Å². The molecule has 1 amide bonds. The second-order valence-electron chi connectivity index (χ2n) is 7.29. The van der Waals surface area contributed by atoms with Gasteiger partial charge in [-0.3, -0.25) is 9.59 Å². The standard InChI is InChI=1S/C22H21FN4O5S/c23-18-7-6-17(14-20(18)33(30,31)26-10-12-32-13-11-26)24-21(28)15-27-22(29)9-8-19(25-27)16-4-2-1-3-5-16/h1-9,14H,10-13,15H2,(H,24,28). The van der Waals surface area contributed by atoms with Gasteiger partial charge in [-0.2, -0.15) is 9.40 Å². The van der Waals surface area contributed by atoms with Gasteiger partial charge in [-0.05, 0) is 24.3 Å². The Morgan fingerprint density at radius 3 is 2.52 bits per heavy atom. The SMILES string of the molecule is O=C(Cn1nc(-c2ccccc2)ccc1=O)Nc1ccc(F)c(S(=O)(=O)N2CCOCC2)c1. The van der Waals surface area contributed by atoms with Crippen LogP contribution in [0, 0.1) is 5.82 Å². The van der Waals surface area contributed by atoms with Crippen molar-refractivity contribution in [2.75, 3.05) is 31.6 Å². The summed E-state index contributed by atoms with van der Waals surface area (Å²) in [5.41, 5.74) is 0.909. The van der Waals surface area contributed by atoms with E-state index in [-0.39, 0.29) is 32.0 Å². The number of ether oxygens (including phenoxy) is 1. The van der Waals surface area contributed by atoms with Crippen LogP contribution in [0.5, 0.6) is 0 Å². The minimum Gasteiger partial charge on any atom is -0.379 e. The molecule has 11 heteroatoms. The molecule has 0 bridgehead atoms. The van der Waals surface area contributed by atoms with Crippen LogP contribution >= 0.6 is 0 Å². The van der Waals surface area contributed by atoms with Crippen LogP contribution in [0.2, 0.25) is 0 Å². The van der Waals surface area contributed by atoms with Crippen molar-refractivity contribution < 1.29 is 22.3 Å². The van der Waals surface area contributed by atoms with E-state index in [2.05, 4.69) is 10.4 Å². The van der Waals surface area contributed by atoms with Crippen LogP contribution in [-0.2, 0) is 26.1 Å². The van der Waals surface area contributed by atoms with E-state index in [4.69, 9.17) is 4.74 Å². The van der Waals surface area contributed by atoms with Crippen molar-refractivity contribution in [1.29, 1.82) is 0 Å². The van der Waals surface area contributed by atoms with Crippen LogP contribution < -0.4 is 10.9 Å². The number of sulfonamides is 1. The van der Waals surface area contributed by atoms with Crippen LogP contribution in [0.4, 0.5) is 10.1 Å². The van der Waals surface area contributed by atoms with Crippen LogP contribution in [0.15, 0.2) is 70.4 Å². The number of nitrogens with one attached hydrogen (secondary N) is 1. The molecular formula is C22H21FN4O5S. The first kappa shape index (κ1) is 22.8. The average molecular weight is 472 g/mol. The van der Waals surface area contributed by atoms with Crippen LogP contribution in [0.3, 0.4) is 0 Å². The number of halogens is 1. The highest BCUT2D eigenvalue weighted by Gasteiger charge is 2.29. The number of anilines is 1. The molecule has 1 N–H and O–H groups in total. The summed E-state index contributed by atoms with van der Waals surface area (Å²) in [4.78, 5) is 24.2. The minimum atomic E-state index is -4.09. The Labute approximate surface area is 189 Å². The predicted octanol–water partition coefficient (Wildman–Crippen LogP) is 1.71. The van der Waals surface area contributed by atoms with E-state index in [1.54, 1.807) is 6.07 Å². The van der Waals surface area contributed by atoms with Crippen molar-refractivity contribution in [3.05, 3.63) is 76.8 Å². The largest absolute Gasteiger partial charge is 0.379 e. The molecule has 0 aliphatic carbocycles. The van der Waals surface area contributed by atoms with Gasteiger partial charge in [-0.15, -0.1) is 0 Å². The minimum absolute atomic E-state index is 0.0838. The first-order valence-corrected chi connectivity index (χ1v) is 11.6. The summed E-state index contributed by atoms with van der Waals surface area (Å²) in [6, 6.07) is 15.3. The highest BCUT2D eigenvalue weighted by molar-refractivity contribution is 7.89. The zero-order valence-corrected chi connectivity index (χ0v) is 18.3. The zero-order chi connectivity index (χ0) is 23.4. The lowest BCUT2D eigenvalue weighted by atomic mass is 10.1. The van der Waals surface area contributed by atoms with Crippen LogP contribution in [0.1, 0.15) is 0 Å². The molecule has 0 saturated carbocycles. The van der Waals surface area contributed by atoms with Crippen LogP contribution in [0.25, 0.3) is 11.3 Å². The monoisotopic (exact) mass is 472 g/mol. The lowest BCUT2D eigenvalue weighted by molar-refractivity contribution is -0.117. The first-order valence-electron chi connectivity index (χ1n) is 10.2. The molecule has 3 aromatic rings. The summed E-state index contributed by atoms with van der Waals surface area (Å²) in [6.07, 6.45) is 0. The summed E-state index contributed by atoms with van der Waals surface area (Å²) in [5.74, 6) is -1.54. The zero-order valence-electron chi connectivity index (χ0n) is 17.5. The third kappa shape index (κ3) is 5.16. The second-order valence-corrected chi connectivity index (χ2v) is 9.20. The van der Waals surface area contributed by atoms with Crippen molar-refractivity contribution in [1.82, 2.24) is 14.1 Å². The topological polar surface area (TPSA) is 111 Å². The number of rotatable bonds is 6. The summed E-state index contributed by atoms with van der Waals surface area (Å²) in [6.45, 7) is 0.278. The molecule has 2 aromatic carbocycles. The Balaban J connectivity index is 1.53. The first-order chi connectivity index (χ1) is 15.8. The Bertz CT molecular complexity index is 1320. The maximum atomic E-state index is 14.4. The lowest BCUT2D eigenvalue weighted by Crippen LogP contribution is -2.40. The van der Waals surface area contributed by atoms with Gasteiger partial charge in [-0.25, -0.2) is 17.5 Å². The maximum absolute atomic E-state index is 14.4. The average Bonchev–Trinajstić information content (AvgIpc) is 2.83. The van der Waals surface area contributed by atoms with Gasteiger partial charge in [0.05, 0.1) is 18.9 Å². The Morgan fingerprint density at radius 1 is 1.06 bits per heavy atom. The molecule has 0 radical (unpaired) electrons. The molecule has 0 unspecified atom stereocenters. The highest BCUT2D eigenvalue weighted by atomic mass is 32.2. The van der Waals surface area contributed by atoms with Crippen LogP contribution in [-0.4, -0.2) is 54.7 Å². The quantitative estimate of drug-likeness (QED) is 0.585. The van der Waals surface area contributed by atoms with E-state index < -0.39 is 38.7 Å². The summed E-state index contributed by atoms with van der Waals surface area (Å²) < 4.78 is 47.3. The fourth-order valence-corrected chi connectivity index (χ4v) is 4.86. The van der Waals surface area contributed by atoms with Crippen molar-refractivity contribution in [2.45, 2.75) is 11.4 Å². The number of hydrogen-bond donors (Lipinski definition) is 1. The second kappa shape index (κ2) is 9.61. The number of morpholine rings is 1. The number of aromatic nitrogens is 2. The molecule has 4 rings (SSSR count). The third-order valence-electron chi connectivity index (χ3n) is 5.03. The van der Waals surface area contributed by atoms with Gasteiger partial charge >= 0.3 is 0 Å². The van der Waals surface area contributed by atoms with Gasteiger partial charge in [0.1, 0.15) is 17.3 Å². The molecule has 1 aliphatic rings. The Morgan fingerprint density at radius 2 is 1.79 bits per heavy atom. The molecule has 0 atom stereocenters. The van der Waals surface area contributed by atoms with Gasteiger partial charge in [0.25, 0.3) is 5.56 Å². The lowest BCUT2D eigenvalue weighted by Gasteiger charge is -2.26. The van der Waals surface area contributed by atoms with Gasteiger partial charge in [-0.1, -0.05) is 30.3 Å². The number of benzene rings is 2. The molecule has 2 heterocycles. The van der Waals surface area contributed by atoms with Gasteiger partial charge in [0.2, 0.25) is 15.9 Å². The smallest absolute Gasteiger partial charge is 0.267 e. The molecule has 1 aromatic heterocycles. The summed E-state index contributed by atoms with van der Waals surface area (Å²) in [7, 11) is -4.09. The summed E-state index contributed by atoms with van der Waals surface area (Å²) in [5, 5.41) is 6.73. The third-order valence-corrected chi connectivity index (χ3v) is 6.95. The number of amides is 1. The molecule has 1 fully saturated rings. The molecular weight excluding hydrogens is 451 g/mol. The number of carbonyl (C=O) groups is 1. The van der Waals surface area contributed by atoms with Crippen molar-refractivity contribution in [3.63, 3.8) is 0 Å². The molecule has 1 saturated heterocycles. The van der Waals surface area contributed by atoms with E-state index in [1.807, 2.05) is 30.3 Å². The Kier molecular flexibility index (Phi) is 6.63. The Hall–Kier alpha value is -3.41. The number of carbonyl (C=O) groups excluding carboxylic acids is 1. The van der Waals surface area contributed by atoms with E-state index in [0.29, 0.717) is 5.69 Å². The van der Waals surface area contributed by atoms with Crippen molar-refractivity contribution in [2.24, 2.45) is 0 Å². The number of hydrogen-bond acceptors (Lipinski definition) is 6. The van der Waals surface area contributed by atoms with E-state index in [1.165, 1.54) is 12.1 Å².